The van der Waals surface area contributed by atoms with Gasteiger partial charge in [0, 0.05) is 25.0 Å². The number of hydrogen-bond donors (Lipinski definition) is 1. The maximum Gasteiger partial charge on any atom is 0.293 e. The molecule has 0 radical (unpaired) electrons. The van der Waals surface area contributed by atoms with Crippen molar-refractivity contribution < 1.29 is 4.92 Å². The second kappa shape index (κ2) is 5.46. The number of benzene rings is 1. The number of pyridine rings is 1. The molecular weight excluding hydrogens is 254 g/mol. The van der Waals surface area contributed by atoms with E-state index < -0.39 is 4.92 Å². The lowest BCUT2D eigenvalue weighted by Gasteiger charge is -2.08. The number of halogens is 1. The van der Waals surface area contributed by atoms with Crippen molar-refractivity contribution in [1.29, 1.82) is 0 Å². The Morgan fingerprint density at radius 2 is 2.17 bits per heavy atom. The molecule has 92 valence electrons. The van der Waals surface area contributed by atoms with Crippen molar-refractivity contribution in [3.05, 3.63) is 63.4 Å². The molecule has 0 saturated carbocycles. The van der Waals surface area contributed by atoms with E-state index in [9.17, 15) is 10.1 Å². The minimum absolute atomic E-state index is 0.0357. The molecule has 0 atom stereocenters. The third-order valence-corrected chi connectivity index (χ3v) is 2.70. The first kappa shape index (κ1) is 12.3. The first-order chi connectivity index (χ1) is 8.68. The quantitative estimate of drug-likeness (QED) is 0.679. The van der Waals surface area contributed by atoms with Crippen LogP contribution in [0.4, 0.5) is 11.4 Å². The van der Waals surface area contributed by atoms with Crippen molar-refractivity contribution >= 4 is 23.0 Å². The van der Waals surface area contributed by atoms with Gasteiger partial charge in [-0.3, -0.25) is 15.1 Å². The van der Waals surface area contributed by atoms with Gasteiger partial charge in [0.1, 0.15) is 5.69 Å². The van der Waals surface area contributed by atoms with Crippen molar-refractivity contribution in [2.75, 3.05) is 5.32 Å². The number of nitrogens with zero attached hydrogens (tertiary/aromatic N) is 2. The lowest BCUT2D eigenvalue weighted by atomic mass is 10.2. The van der Waals surface area contributed by atoms with Crippen LogP contribution in [0.5, 0.6) is 0 Å². The number of nitrogens with one attached hydrogen (secondary N) is 1. The van der Waals surface area contributed by atoms with E-state index in [2.05, 4.69) is 10.3 Å². The number of rotatable bonds is 4. The summed E-state index contributed by atoms with van der Waals surface area (Å²) in [5.41, 5.74) is 1.21. The molecule has 0 aliphatic heterocycles. The van der Waals surface area contributed by atoms with Gasteiger partial charge in [-0.15, -0.1) is 0 Å². The summed E-state index contributed by atoms with van der Waals surface area (Å²) >= 11 is 5.96. The number of hydrogen-bond acceptors (Lipinski definition) is 4. The van der Waals surface area contributed by atoms with Crippen LogP contribution in [-0.2, 0) is 6.54 Å². The van der Waals surface area contributed by atoms with Gasteiger partial charge >= 0.3 is 0 Å². The van der Waals surface area contributed by atoms with Crippen molar-refractivity contribution in [2.45, 2.75) is 6.54 Å². The highest BCUT2D eigenvalue weighted by atomic mass is 35.5. The molecule has 0 aliphatic carbocycles. The summed E-state index contributed by atoms with van der Waals surface area (Å²) in [6, 6.07) is 8.26. The van der Waals surface area contributed by atoms with Gasteiger partial charge in [0.05, 0.1) is 9.95 Å². The molecule has 0 unspecified atom stereocenters. The van der Waals surface area contributed by atoms with Crippen LogP contribution in [0.1, 0.15) is 5.56 Å². The van der Waals surface area contributed by atoms with E-state index >= 15 is 0 Å². The van der Waals surface area contributed by atoms with E-state index in [1.165, 1.54) is 6.07 Å². The fourth-order valence-corrected chi connectivity index (χ4v) is 1.77. The molecule has 2 rings (SSSR count). The van der Waals surface area contributed by atoms with Gasteiger partial charge in [-0.2, -0.15) is 0 Å². The lowest BCUT2D eigenvalue weighted by Crippen LogP contribution is -2.03. The highest BCUT2D eigenvalue weighted by molar-refractivity contribution is 6.33. The highest BCUT2D eigenvalue weighted by Crippen LogP contribution is 2.32. The van der Waals surface area contributed by atoms with E-state index in [1.54, 1.807) is 30.6 Å². The molecular formula is C12H10ClN3O2. The third-order valence-electron chi connectivity index (χ3n) is 2.38. The number of anilines is 1. The molecule has 1 N–H and O–H groups in total. The molecule has 0 fully saturated rings. The molecule has 1 aromatic heterocycles. The van der Waals surface area contributed by atoms with Gasteiger partial charge in [-0.05, 0) is 17.7 Å². The summed E-state index contributed by atoms with van der Waals surface area (Å²) < 4.78 is 0. The van der Waals surface area contributed by atoms with Crippen LogP contribution in [-0.4, -0.2) is 9.91 Å². The SMILES string of the molecule is O=[N+]([O-])c1cccc(Cl)c1NCc1cccnc1. The number of aromatic nitrogens is 1. The van der Waals surface area contributed by atoms with Gasteiger partial charge in [0.2, 0.25) is 0 Å². The second-order valence-corrected chi connectivity index (χ2v) is 4.01. The zero-order valence-corrected chi connectivity index (χ0v) is 10.1. The zero-order valence-electron chi connectivity index (χ0n) is 9.34. The topological polar surface area (TPSA) is 68.1 Å². The summed E-state index contributed by atoms with van der Waals surface area (Å²) in [6.45, 7) is 0.429. The Balaban J connectivity index is 2.21. The van der Waals surface area contributed by atoms with E-state index in [0.29, 0.717) is 17.3 Å². The Morgan fingerprint density at radius 1 is 1.33 bits per heavy atom. The summed E-state index contributed by atoms with van der Waals surface area (Å²) in [6.07, 6.45) is 3.36. The summed E-state index contributed by atoms with van der Waals surface area (Å²) in [7, 11) is 0. The van der Waals surface area contributed by atoms with Crippen molar-refractivity contribution in [3.8, 4) is 0 Å². The predicted octanol–water partition coefficient (Wildman–Crippen LogP) is 3.26. The number of para-hydroxylation sites is 1. The maximum atomic E-state index is 10.9. The molecule has 0 bridgehead atoms. The molecule has 0 amide bonds. The van der Waals surface area contributed by atoms with Gasteiger partial charge in [0.15, 0.2) is 0 Å². The van der Waals surface area contributed by atoms with E-state index in [-0.39, 0.29) is 5.69 Å². The summed E-state index contributed by atoms with van der Waals surface area (Å²) in [4.78, 5) is 14.4. The van der Waals surface area contributed by atoms with E-state index in [1.807, 2.05) is 6.07 Å². The molecule has 1 aromatic carbocycles. The Morgan fingerprint density at radius 3 is 2.83 bits per heavy atom. The van der Waals surface area contributed by atoms with Crippen molar-refractivity contribution in [1.82, 2.24) is 4.98 Å². The smallest absolute Gasteiger partial charge is 0.293 e. The van der Waals surface area contributed by atoms with Crippen LogP contribution < -0.4 is 5.32 Å². The minimum atomic E-state index is -0.461. The predicted molar refractivity (Wildman–Crippen MR) is 69.7 cm³/mol. The van der Waals surface area contributed by atoms with Gasteiger partial charge in [-0.1, -0.05) is 23.7 Å². The van der Waals surface area contributed by atoms with Crippen molar-refractivity contribution in [3.63, 3.8) is 0 Å². The summed E-state index contributed by atoms with van der Waals surface area (Å²) in [5, 5.41) is 14.2. The molecule has 1 heterocycles. The molecule has 0 saturated heterocycles. The molecule has 0 spiro atoms. The highest BCUT2D eigenvalue weighted by Gasteiger charge is 2.15. The lowest BCUT2D eigenvalue weighted by molar-refractivity contribution is -0.383. The second-order valence-electron chi connectivity index (χ2n) is 3.61. The van der Waals surface area contributed by atoms with Crippen LogP contribution in [0.25, 0.3) is 0 Å². The normalized spacial score (nSPS) is 10.1. The standard InChI is InChI=1S/C12H10ClN3O2/c13-10-4-1-5-11(16(17)18)12(10)15-8-9-3-2-6-14-7-9/h1-7,15H,8H2. The fraction of sp³-hybridized carbons (Fsp3) is 0.0833. The number of nitro groups is 1. The van der Waals surface area contributed by atoms with Crippen LogP contribution in [0.3, 0.4) is 0 Å². The van der Waals surface area contributed by atoms with E-state index in [4.69, 9.17) is 11.6 Å². The minimum Gasteiger partial charge on any atom is -0.374 e. The third kappa shape index (κ3) is 2.75. The van der Waals surface area contributed by atoms with Gasteiger partial charge in [-0.25, -0.2) is 0 Å². The zero-order chi connectivity index (χ0) is 13.0. The average Bonchev–Trinajstić information content (AvgIpc) is 2.38. The molecule has 5 nitrogen and oxygen atoms in total. The van der Waals surface area contributed by atoms with Gasteiger partial charge in [0.25, 0.3) is 5.69 Å². The summed E-state index contributed by atoms with van der Waals surface area (Å²) in [5.74, 6) is 0. The number of nitro benzene ring substituents is 1. The molecule has 6 heteroatoms. The van der Waals surface area contributed by atoms with E-state index in [0.717, 1.165) is 5.56 Å². The average molecular weight is 264 g/mol. The first-order valence-corrected chi connectivity index (χ1v) is 5.62. The van der Waals surface area contributed by atoms with Gasteiger partial charge < -0.3 is 5.32 Å². The Bertz CT molecular complexity index is 561. The molecule has 18 heavy (non-hydrogen) atoms. The Kier molecular flexibility index (Phi) is 3.74. The monoisotopic (exact) mass is 263 g/mol. The van der Waals surface area contributed by atoms with Crippen LogP contribution >= 0.6 is 11.6 Å². The van der Waals surface area contributed by atoms with Crippen LogP contribution in [0.15, 0.2) is 42.7 Å². The largest absolute Gasteiger partial charge is 0.374 e. The van der Waals surface area contributed by atoms with Crippen molar-refractivity contribution in [2.24, 2.45) is 0 Å². The first-order valence-electron chi connectivity index (χ1n) is 5.24. The molecule has 2 aromatic rings. The molecule has 0 aliphatic rings. The Labute approximate surface area is 109 Å². The Hall–Kier alpha value is -2.14. The van der Waals surface area contributed by atoms with Crippen LogP contribution in [0, 0.1) is 10.1 Å². The maximum absolute atomic E-state index is 10.9. The van der Waals surface area contributed by atoms with Crippen LogP contribution in [0.2, 0.25) is 5.02 Å². The fourth-order valence-electron chi connectivity index (χ4n) is 1.53.